The molecule has 3 rings (SSSR count). The molecule has 3 nitrogen and oxygen atoms in total. The quantitative estimate of drug-likeness (QED) is 0.669. The Morgan fingerprint density at radius 2 is 2.25 bits per heavy atom. The fourth-order valence-corrected chi connectivity index (χ4v) is 2.98. The first-order valence-corrected chi connectivity index (χ1v) is 5.41. The number of para-hydroxylation sites is 1. The van der Waals surface area contributed by atoms with Crippen LogP contribution in [0.25, 0.3) is 0 Å². The van der Waals surface area contributed by atoms with E-state index in [9.17, 15) is 9.18 Å². The lowest BCUT2D eigenvalue weighted by molar-refractivity contribution is -0.119. The lowest BCUT2D eigenvalue weighted by atomic mass is 9.95. The summed E-state index contributed by atoms with van der Waals surface area (Å²) >= 11 is 0. The van der Waals surface area contributed by atoms with Gasteiger partial charge in [-0.25, -0.2) is 4.39 Å². The zero-order chi connectivity index (χ0) is 11.3. The first kappa shape index (κ1) is 9.63. The molecule has 0 saturated carbocycles. The maximum absolute atomic E-state index is 14.9. The molecule has 1 fully saturated rings. The van der Waals surface area contributed by atoms with Crippen LogP contribution < -0.4 is 4.90 Å². The Balaban J connectivity index is 2.16. The first-order chi connectivity index (χ1) is 7.68. The topological polar surface area (TPSA) is 23.6 Å². The SMILES string of the molecule is CN1c2ccccc2[C@]2(F)CCN(C=O)[C@H]12. The molecule has 0 unspecified atom stereocenters. The summed E-state index contributed by atoms with van der Waals surface area (Å²) in [5.41, 5.74) is 0.208. The van der Waals surface area contributed by atoms with Crippen molar-refractivity contribution in [2.75, 3.05) is 18.5 Å². The van der Waals surface area contributed by atoms with Gasteiger partial charge in [0.15, 0.2) is 5.67 Å². The van der Waals surface area contributed by atoms with Crippen molar-refractivity contribution in [3.8, 4) is 0 Å². The predicted molar refractivity (Wildman–Crippen MR) is 58.8 cm³/mol. The van der Waals surface area contributed by atoms with Gasteiger partial charge in [0.1, 0.15) is 6.17 Å². The van der Waals surface area contributed by atoms with Crippen molar-refractivity contribution in [3.63, 3.8) is 0 Å². The van der Waals surface area contributed by atoms with Gasteiger partial charge in [-0.05, 0) is 6.07 Å². The number of rotatable bonds is 1. The molecule has 0 N–H and O–H groups in total. The Kier molecular flexibility index (Phi) is 1.79. The second kappa shape index (κ2) is 2.97. The molecule has 84 valence electrons. The van der Waals surface area contributed by atoms with E-state index in [-0.39, 0.29) is 0 Å². The summed E-state index contributed by atoms with van der Waals surface area (Å²) < 4.78 is 14.9. The number of benzene rings is 1. The third-order valence-corrected chi connectivity index (χ3v) is 3.69. The van der Waals surface area contributed by atoms with E-state index in [2.05, 4.69) is 0 Å². The van der Waals surface area contributed by atoms with E-state index in [1.165, 1.54) is 0 Å². The molecule has 2 aliphatic rings. The van der Waals surface area contributed by atoms with Crippen molar-refractivity contribution in [1.82, 2.24) is 4.90 Å². The molecule has 1 aromatic rings. The standard InChI is InChI=1S/C12H13FN2O/c1-14-10-5-3-2-4-9(10)12(13)6-7-15(8-16)11(12)14/h2-5,8,11H,6-7H2,1H3/t11-,12+/m0/s1. The summed E-state index contributed by atoms with van der Waals surface area (Å²) in [5.74, 6) is 0. The van der Waals surface area contributed by atoms with Gasteiger partial charge in [-0.15, -0.1) is 0 Å². The van der Waals surface area contributed by atoms with Crippen LogP contribution in [0.15, 0.2) is 24.3 Å². The highest BCUT2D eigenvalue weighted by molar-refractivity contribution is 5.66. The Labute approximate surface area is 93.5 Å². The van der Waals surface area contributed by atoms with E-state index in [4.69, 9.17) is 0 Å². The van der Waals surface area contributed by atoms with Crippen LogP contribution in [0.3, 0.4) is 0 Å². The minimum atomic E-state index is -1.40. The van der Waals surface area contributed by atoms with Crippen LogP contribution in [0.4, 0.5) is 10.1 Å². The lowest BCUT2D eigenvalue weighted by Gasteiger charge is -2.29. The number of anilines is 1. The Morgan fingerprint density at radius 3 is 3.00 bits per heavy atom. The zero-order valence-corrected chi connectivity index (χ0v) is 9.06. The van der Waals surface area contributed by atoms with E-state index in [0.717, 1.165) is 12.1 Å². The number of alkyl halides is 1. The zero-order valence-electron chi connectivity index (χ0n) is 9.06. The van der Waals surface area contributed by atoms with Crippen molar-refractivity contribution >= 4 is 12.1 Å². The van der Waals surface area contributed by atoms with E-state index in [0.29, 0.717) is 18.5 Å². The highest BCUT2D eigenvalue weighted by Gasteiger charge is 2.57. The molecule has 2 heterocycles. The normalized spacial score (nSPS) is 31.5. The smallest absolute Gasteiger partial charge is 0.211 e. The number of nitrogens with zero attached hydrogens (tertiary/aromatic N) is 2. The highest BCUT2D eigenvalue weighted by atomic mass is 19.1. The largest absolute Gasteiger partial charge is 0.351 e. The number of carbonyl (C=O) groups is 1. The van der Waals surface area contributed by atoms with E-state index < -0.39 is 11.8 Å². The maximum Gasteiger partial charge on any atom is 0.211 e. The Morgan fingerprint density at radius 1 is 1.50 bits per heavy atom. The van der Waals surface area contributed by atoms with Gasteiger partial charge >= 0.3 is 0 Å². The molecule has 1 aromatic carbocycles. The van der Waals surface area contributed by atoms with Gasteiger partial charge < -0.3 is 9.80 Å². The monoisotopic (exact) mass is 220 g/mol. The molecule has 1 amide bonds. The molecule has 4 heteroatoms. The number of hydrogen-bond acceptors (Lipinski definition) is 2. The van der Waals surface area contributed by atoms with E-state index in [1.807, 2.05) is 36.2 Å². The maximum atomic E-state index is 14.9. The summed E-state index contributed by atoms with van der Waals surface area (Å²) in [6.45, 7) is 0.489. The number of carbonyl (C=O) groups excluding carboxylic acids is 1. The second-order valence-electron chi connectivity index (χ2n) is 4.46. The van der Waals surface area contributed by atoms with Crippen molar-refractivity contribution in [3.05, 3.63) is 29.8 Å². The first-order valence-electron chi connectivity index (χ1n) is 5.41. The number of amides is 1. The fraction of sp³-hybridized carbons (Fsp3) is 0.417. The van der Waals surface area contributed by atoms with Gasteiger partial charge in [-0.3, -0.25) is 4.79 Å². The summed E-state index contributed by atoms with van der Waals surface area (Å²) in [6.07, 6.45) is 0.661. The average Bonchev–Trinajstić information content (AvgIpc) is 2.75. The van der Waals surface area contributed by atoms with Crippen LogP contribution in [-0.4, -0.2) is 31.1 Å². The van der Waals surface area contributed by atoms with Crippen molar-refractivity contribution < 1.29 is 9.18 Å². The number of hydrogen-bond donors (Lipinski definition) is 0. The molecule has 1 saturated heterocycles. The molecule has 0 bridgehead atoms. The molecule has 2 aliphatic heterocycles. The Bertz CT molecular complexity index is 450. The number of halogens is 1. The highest BCUT2D eigenvalue weighted by Crippen LogP contribution is 2.51. The third-order valence-electron chi connectivity index (χ3n) is 3.69. The summed E-state index contributed by atoms with van der Waals surface area (Å²) in [7, 11) is 1.84. The number of likely N-dealkylation sites (tertiary alicyclic amines) is 1. The number of likely N-dealkylation sites (N-methyl/N-ethyl adjacent to an activating group) is 1. The van der Waals surface area contributed by atoms with Crippen molar-refractivity contribution in [2.45, 2.75) is 18.3 Å². The van der Waals surface area contributed by atoms with Crippen LogP contribution in [-0.2, 0) is 10.5 Å². The average molecular weight is 220 g/mol. The van der Waals surface area contributed by atoms with Gasteiger partial charge in [0.25, 0.3) is 0 Å². The molecule has 0 radical (unpaired) electrons. The predicted octanol–water partition coefficient (Wildman–Crippen LogP) is 1.49. The summed E-state index contributed by atoms with van der Waals surface area (Å²) in [5, 5.41) is 0. The van der Waals surface area contributed by atoms with Gasteiger partial charge in [0.2, 0.25) is 6.41 Å². The van der Waals surface area contributed by atoms with Crippen LogP contribution in [0.5, 0.6) is 0 Å². The lowest BCUT2D eigenvalue weighted by Crippen LogP contribution is -2.46. The minimum absolute atomic E-state index is 0.387. The van der Waals surface area contributed by atoms with Crippen molar-refractivity contribution in [1.29, 1.82) is 0 Å². The summed E-state index contributed by atoms with van der Waals surface area (Å²) in [4.78, 5) is 14.3. The van der Waals surface area contributed by atoms with Gasteiger partial charge in [-0.1, -0.05) is 18.2 Å². The Hall–Kier alpha value is -1.58. The van der Waals surface area contributed by atoms with Crippen molar-refractivity contribution in [2.24, 2.45) is 0 Å². The molecule has 2 atom stereocenters. The van der Waals surface area contributed by atoms with Gasteiger partial charge in [-0.2, -0.15) is 0 Å². The van der Waals surface area contributed by atoms with E-state index >= 15 is 0 Å². The number of fused-ring (bicyclic) bond motifs is 3. The summed E-state index contributed by atoms with van der Waals surface area (Å²) in [6, 6.07) is 7.46. The molecular formula is C12H13FN2O. The van der Waals surface area contributed by atoms with Crippen LogP contribution in [0.2, 0.25) is 0 Å². The van der Waals surface area contributed by atoms with Crippen LogP contribution in [0.1, 0.15) is 12.0 Å². The molecule has 0 aliphatic carbocycles. The second-order valence-corrected chi connectivity index (χ2v) is 4.46. The molecule has 0 aromatic heterocycles. The molecule has 0 spiro atoms. The van der Waals surface area contributed by atoms with Crippen LogP contribution >= 0.6 is 0 Å². The molecular weight excluding hydrogens is 207 g/mol. The van der Waals surface area contributed by atoms with Gasteiger partial charge in [0, 0.05) is 31.3 Å². The fourth-order valence-electron chi connectivity index (χ4n) is 2.98. The van der Waals surface area contributed by atoms with E-state index in [1.54, 1.807) is 4.90 Å². The van der Waals surface area contributed by atoms with Crippen LogP contribution in [0, 0.1) is 0 Å². The minimum Gasteiger partial charge on any atom is -0.351 e. The van der Waals surface area contributed by atoms with Gasteiger partial charge in [0.05, 0.1) is 0 Å². The molecule has 16 heavy (non-hydrogen) atoms. The third kappa shape index (κ3) is 0.944.